The third-order valence-electron chi connectivity index (χ3n) is 5.74. The van der Waals surface area contributed by atoms with Crippen LogP contribution in [0.3, 0.4) is 0 Å². The highest BCUT2D eigenvalue weighted by molar-refractivity contribution is 6.31. The number of hydrogen-bond donors (Lipinski definition) is 1. The number of nitrogens with two attached hydrogens (primary N) is 1. The average Bonchev–Trinajstić information content (AvgIpc) is 3.18. The van der Waals surface area contributed by atoms with E-state index in [0.717, 1.165) is 5.69 Å². The largest absolute Gasteiger partial charge is 0.378 e. The van der Waals surface area contributed by atoms with Gasteiger partial charge in [-0.2, -0.15) is 5.10 Å². The number of rotatable bonds is 5. The van der Waals surface area contributed by atoms with Crippen molar-refractivity contribution < 1.29 is 14.0 Å². The minimum absolute atomic E-state index is 0.0252. The number of aromatic nitrogens is 2. The quantitative estimate of drug-likeness (QED) is 0.565. The lowest BCUT2D eigenvalue weighted by Crippen LogP contribution is -2.40. The first kappa shape index (κ1) is 23.3. The molecule has 0 saturated carbocycles. The molecule has 0 fully saturated rings. The van der Waals surface area contributed by atoms with Crippen LogP contribution >= 0.6 is 11.6 Å². The summed E-state index contributed by atoms with van der Waals surface area (Å²) in [5.74, 6) is -1.53. The standard InChI is InChI=1S/C24H22ClFN6O2/c1-28-19-5-4-14(8-18(19)26)9-21(33)31-6-7-32-20(13-31)22(24(27)34)23(29-32)15-10-16(25)12-17(11-15)30(2)3/h4-5,8,10-12H,6-7,9,13H2,2-3H3,(H2,27,34). The van der Waals surface area contributed by atoms with Gasteiger partial charge >= 0.3 is 0 Å². The molecule has 1 aromatic heterocycles. The zero-order valence-electron chi connectivity index (χ0n) is 18.7. The molecule has 4 rings (SSSR count). The molecular weight excluding hydrogens is 459 g/mol. The highest BCUT2D eigenvalue weighted by atomic mass is 35.5. The number of anilines is 1. The summed E-state index contributed by atoms with van der Waals surface area (Å²) in [5, 5.41) is 5.11. The number of carbonyl (C=O) groups excluding carboxylic acids is 2. The zero-order valence-corrected chi connectivity index (χ0v) is 19.4. The smallest absolute Gasteiger partial charge is 0.252 e. The molecule has 0 aliphatic carbocycles. The Kier molecular flexibility index (Phi) is 6.26. The van der Waals surface area contributed by atoms with Crippen LogP contribution in [0.5, 0.6) is 0 Å². The SMILES string of the molecule is [C-]#[N+]c1ccc(CC(=O)N2CCn3nc(-c4cc(Cl)cc(N(C)C)c4)c(C(N)=O)c3C2)cc1F. The molecule has 2 aromatic carbocycles. The fourth-order valence-electron chi connectivity index (χ4n) is 4.00. The molecule has 0 saturated heterocycles. The van der Waals surface area contributed by atoms with Crippen LogP contribution in [0.15, 0.2) is 36.4 Å². The lowest BCUT2D eigenvalue weighted by atomic mass is 10.0. The van der Waals surface area contributed by atoms with Crippen LogP contribution in [0.2, 0.25) is 5.02 Å². The molecule has 0 radical (unpaired) electrons. The Bertz CT molecular complexity index is 1340. The Hall–Kier alpha value is -3.90. The van der Waals surface area contributed by atoms with Gasteiger partial charge in [0.1, 0.15) is 11.5 Å². The van der Waals surface area contributed by atoms with E-state index in [1.165, 1.54) is 12.1 Å². The number of carbonyl (C=O) groups is 2. The molecular formula is C24H22ClFN6O2. The van der Waals surface area contributed by atoms with Gasteiger partial charge in [-0.1, -0.05) is 23.7 Å². The first-order valence-corrected chi connectivity index (χ1v) is 10.9. The van der Waals surface area contributed by atoms with Crippen molar-refractivity contribution in [3.8, 4) is 11.3 Å². The molecule has 1 aliphatic rings. The van der Waals surface area contributed by atoms with Crippen molar-refractivity contribution in [2.24, 2.45) is 5.73 Å². The predicted molar refractivity (Wildman–Crippen MR) is 127 cm³/mol. The van der Waals surface area contributed by atoms with Crippen LogP contribution in [-0.4, -0.2) is 47.1 Å². The van der Waals surface area contributed by atoms with E-state index in [-0.39, 0.29) is 30.1 Å². The number of hydrogen-bond acceptors (Lipinski definition) is 4. The molecule has 10 heteroatoms. The lowest BCUT2D eigenvalue weighted by Gasteiger charge is -2.28. The van der Waals surface area contributed by atoms with Crippen LogP contribution in [0, 0.1) is 12.4 Å². The van der Waals surface area contributed by atoms with Gasteiger partial charge in [0, 0.05) is 36.9 Å². The Morgan fingerprint density at radius 2 is 2.00 bits per heavy atom. The molecule has 8 nitrogen and oxygen atoms in total. The van der Waals surface area contributed by atoms with Gasteiger partial charge in [0.05, 0.1) is 37.3 Å². The van der Waals surface area contributed by atoms with Gasteiger partial charge in [-0.3, -0.25) is 14.3 Å². The van der Waals surface area contributed by atoms with Crippen molar-refractivity contribution >= 4 is 34.8 Å². The van der Waals surface area contributed by atoms with E-state index in [2.05, 4.69) is 9.94 Å². The molecule has 0 unspecified atom stereocenters. The van der Waals surface area contributed by atoms with Crippen molar-refractivity contribution in [2.45, 2.75) is 19.5 Å². The summed E-state index contributed by atoms with van der Waals surface area (Å²) in [6.07, 6.45) is -0.0252. The van der Waals surface area contributed by atoms with E-state index in [9.17, 15) is 14.0 Å². The molecule has 174 valence electrons. The molecule has 2 N–H and O–H groups in total. The maximum Gasteiger partial charge on any atom is 0.252 e. The second-order valence-electron chi connectivity index (χ2n) is 8.24. The van der Waals surface area contributed by atoms with Gasteiger partial charge in [-0.25, -0.2) is 9.24 Å². The summed E-state index contributed by atoms with van der Waals surface area (Å²) in [5.41, 5.74) is 8.83. The predicted octanol–water partition coefficient (Wildman–Crippen LogP) is 3.64. The van der Waals surface area contributed by atoms with E-state index in [0.29, 0.717) is 40.6 Å². The summed E-state index contributed by atoms with van der Waals surface area (Å²) in [6.45, 7) is 7.85. The summed E-state index contributed by atoms with van der Waals surface area (Å²) >= 11 is 6.30. The van der Waals surface area contributed by atoms with E-state index in [4.69, 9.17) is 23.9 Å². The summed E-state index contributed by atoms with van der Waals surface area (Å²) < 4.78 is 15.6. The average molecular weight is 481 g/mol. The highest BCUT2D eigenvalue weighted by Crippen LogP contribution is 2.33. The van der Waals surface area contributed by atoms with Crippen molar-refractivity contribution in [1.82, 2.24) is 14.7 Å². The molecule has 0 spiro atoms. The molecule has 1 aliphatic heterocycles. The third-order valence-corrected chi connectivity index (χ3v) is 5.96. The van der Waals surface area contributed by atoms with Gasteiger partial charge < -0.3 is 15.5 Å². The second kappa shape index (κ2) is 9.15. The maximum atomic E-state index is 13.9. The van der Waals surface area contributed by atoms with Gasteiger partial charge in [0.25, 0.3) is 5.91 Å². The fraction of sp³-hybridized carbons (Fsp3) is 0.250. The van der Waals surface area contributed by atoms with Crippen LogP contribution in [0.4, 0.5) is 15.8 Å². The molecule has 34 heavy (non-hydrogen) atoms. The van der Waals surface area contributed by atoms with Gasteiger partial charge in [-0.15, -0.1) is 0 Å². The minimum Gasteiger partial charge on any atom is -0.378 e. The number of fused-ring (bicyclic) bond motifs is 1. The number of amides is 2. The van der Waals surface area contributed by atoms with Crippen molar-refractivity contribution in [2.75, 3.05) is 25.5 Å². The molecule has 0 atom stereocenters. The maximum absolute atomic E-state index is 13.9. The first-order valence-electron chi connectivity index (χ1n) is 10.5. The number of nitrogens with zero attached hydrogens (tertiary/aromatic N) is 5. The Morgan fingerprint density at radius 1 is 1.24 bits per heavy atom. The van der Waals surface area contributed by atoms with E-state index >= 15 is 0 Å². The lowest BCUT2D eigenvalue weighted by molar-refractivity contribution is -0.132. The van der Waals surface area contributed by atoms with Gasteiger partial charge in [-0.05, 0) is 29.8 Å². The number of benzene rings is 2. The topological polar surface area (TPSA) is 88.8 Å². The Labute approximate surface area is 201 Å². The van der Waals surface area contributed by atoms with Crippen molar-refractivity contribution in [1.29, 1.82) is 0 Å². The molecule has 2 amide bonds. The van der Waals surface area contributed by atoms with E-state index < -0.39 is 11.7 Å². The molecule has 0 bridgehead atoms. The van der Waals surface area contributed by atoms with Gasteiger partial charge in [0.2, 0.25) is 11.6 Å². The number of primary amides is 1. The molecule has 3 aromatic rings. The summed E-state index contributed by atoms with van der Waals surface area (Å²) in [7, 11) is 3.76. The first-order chi connectivity index (χ1) is 16.2. The Morgan fingerprint density at radius 3 is 2.65 bits per heavy atom. The van der Waals surface area contributed by atoms with Crippen LogP contribution in [0.1, 0.15) is 21.6 Å². The molecule has 2 heterocycles. The monoisotopic (exact) mass is 480 g/mol. The van der Waals surface area contributed by atoms with Crippen molar-refractivity contribution in [3.05, 3.63) is 75.5 Å². The van der Waals surface area contributed by atoms with Crippen LogP contribution in [-0.2, 0) is 24.3 Å². The number of halogens is 2. The normalized spacial score (nSPS) is 12.7. The van der Waals surface area contributed by atoms with E-state index in [1.807, 2.05) is 25.1 Å². The van der Waals surface area contributed by atoms with E-state index in [1.54, 1.807) is 27.8 Å². The minimum atomic E-state index is -0.656. The summed E-state index contributed by atoms with van der Waals surface area (Å²) in [6, 6.07) is 9.53. The third kappa shape index (κ3) is 4.45. The van der Waals surface area contributed by atoms with Crippen LogP contribution < -0.4 is 10.6 Å². The van der Waals surface area contributed by atoms with Gasteiger partial charge in [0.15, 0.2) is 0 Å². The van der Waals surface area contributed by atoms with Crippen molar-refractivity contribution in [3.63, 3.8) is 0 Å². The second-order valence-corrected chi connectivity index (χ2v) is 8.68. The van der Waals surface area contributed by atoms with Crippen LogP contribution in [0.25, 0.3) is 16.1 Å². The highest BCUT2D eigenvalue weighted by Gasteiger charge is 2.30. The fourth-order valence-corrected chi connectivity index (χ4v) is 4.23. The Balaban J connectivity index is 1.64. The summed E-state index contributed by atoms with van der Waals surface area (Å²) in [4.78, 5) is 32.0. The zero-order chi connectivity index (χ0) is 24.6.